The van der Waals surface area contributed by atoms with E-state index in [1.807, 2.05) is 32.9 Å². The van der Waals surface area contributed by atoms with Crippen LogP contribution in [0.3, 0.4) is 0 Å². The lowest BCUT2D eigenvalue weighted by Crippen LogP contribution is -2.12. The average molecular weight is 469 g/mol. The zero-order chi connectivity index (χ0) is 22.9. The molecule has 0 bridgehead atoms. The molecule has 4 aromatic rings. The zero-order valence-corrected chi connectivity index (χ0v) is 19.2. The summed E-state index contributed by atoms with van der Waals surface area (Å²) in [6.07, 6.45) is 0. The molecule has 0 spiro atoms. The Balaban J connectivity index is 1.45. The second-order valence-electron chi connectivity index (χ2n) is 7.25. The fraction of sp³-hybridized carbons (Fsp3) is 0.136. The summed E-state index contributed by atoms with van der Waals surface area (Å²) in [5, 5.41) is 16.5. The van der Waals surface area contributed by atoms with Gasteiger partial charge in [0.1, 0.15) is 0 Å². The number of nitrogens with zero attached hydrogens (tertiary/aromatic N) is 4. The van der Waals surface area contributed by atoms with Gasteiger partial charge in [-0.15, -0.1) is 10.2 Å². The number of hydrogen-bond acceptors (Lipinski definition) is 6. The first-order chi connectivity index (χ1) is 15.2. The maximum atomic E-state index is 12.5. The fourth-order valence-electron chi connectivity index (χ4n) is 3.07. The number of anilines is 3. The van der Waals surface area contributed by atoms with Gasteiger partial charge < -0.3 is 5.32 Å². The predicted octanol–water partition coefficient (Wildman–Crippen LogP) is 4.79. The second kappa shape index (κ2) is 8.60. The molecule has 0 aliphatic rings. The van der Waals surface area contributed by atoms with E-state index in [1.165, 1.54) is 12.1 Å². The summed E-state index contributed by atoms with van der Waals surface area (Å²) in [7, 11) is -3.73. The van der Waals surface area contributed by atoms with Crippen LogP contribution in [0.5, 0.6) is 0 Å². The molecule has 0 aliphatic heterocycles. The maximum Gasteiger partial charge on any atom is 0.261 e. The number of hydrogen-bond donors (Lipinski definition) is 2. The topological polar surface area (TPSA) is 102 Å². The average Bonchev–Trinajstić information content (AvgIpc) is 3.03. The van der Waals surface area contributed by atoms with Crippen LogP contribution < -0.4 is 10.0 Å². The third-order valence-corrected chi connectivity index (χ3v) is 6.65. The van der Waals surface area contributed by atoms with Crippen molar-refractivity contribution in [2.24, 2.45) is 0 Å². The molecule has 0 unspecified atom stereocenters. The van der Waals surface area contributed by atoms with Gasteiger partial charge in [0.25, 0.3) is 10.0 Å². The molecule has 4 rings (SSSR count). The van der Waals surface area contributed by atoms with Crippen LogP contribution in [0, 0.1) is 20.8 Å². The molecule has 164 valence electrons. The minimum atomic E-state index is -3.73. The molecule has 2 aromatic carbocycles. The van der Waals surface area contributed by atoms with Crippen LogP contribution in [0.4, 0.5) is 17.2 Å². The van der Waals surface area contributed by atoms with Crippen LogP contribution >= 0.6 is 11.6 Å². The summed E-state index contributed by atoms with van der Waals surface area (Å²) in [5.74, 6) is 1.19. The lowest BCUT2D eigenvalue weighted by Gasteiger charge is -2.10. The molecular weight excluding hydrogens is 448 g/mol. The van der Waals surface area contributed by atoms with Crippen LogP contribution in [-0.4, -0.2) is 28.4 Å². The molecule has 2 N–H and O–H groups in total. The number of aryl methyl sites for hydroxylation is 1. The highest BCUT2D eigenvalue weighted by molar-refractivity contribution is 7.92. The summed E-state index contributed by atoms with van der Waals surface area (Å²) in [6.45, 7) is 5.97. The van der Waals surface area contributed by atoms with Crippen molar-refractivity contribution in [1.29, 1.82) is 0 Å². The monoisotopic (exact) mass is 468 g/mol. The van der Waals surface area contributed by atoms with Crippen molar-refractivity contribution in [3.05, 3.63) is 82.6 Å². The molecule has 2 heterocycles. The summed E-state index contributed by atoms with van der Waals surface area (Å²) in [4.78, 5) is 0.0976. The molecule has 2 aromatic heterocycles. The van der Waals surface area contributed by atoms with Crippen LogP contribution in [-0.2, 0) is 10.0 Å². The lowest BCUT2D eigenvalue weighted by molar-refractivity contribution is 0.601. The Morgan fingerprint density at radius 3 is 2.22 bits per heavy atom. The molecule has 8 nitrogen and oxygen atoms in total. The molecule has 32 heavy (non-hydrogen) atoms. The van der Waals surface area contributed by atoms with Crippen LogP contribution in [0.1, 0.15) is 17.0 Å². The van der Waals surface area contributed by atoms with E-state index in [2.05, 4.69) is 25.3 Å². The van der Waals surface area contributed by atoms with E-state index in [9.17, 15) is 8.42 Å². The molecular formula is C22H21ClN6O2S. The quantitative estimate of drug-likeness (QED) is 0.422. The number of nitrogens with one attached hydrogen (secondary N) is 2. The van der Waals surface area contributed by atoms with E-state index < -0.39 is 10.0 Å². The zero-order valence-electron chi connectivity index (χ0n) is 17.7. The Morgan fingerprint density at radius 1 is 0.906 bits per heavy atom. The highest BCUT2D eigenvalue weighted by Crippen LogP contribution is 2.22. The minimum absolute atomic E-state index is 0.0976. The Kier molecular flexibility index (Phi) is 5.86. The van der Waals surface area contributed by atoms with Crippen LogP contribution in [0.2, 0.25) is 5.02 Å². The van der Waals surface area contributed by atoms with Crippen molar-refractivity contribution in [1.82, 2.24) is 20.0 Å². The summed E-state index contributed by atoms with van der Waals surface area (Å²) >= 11 is 5.90. The van der Waals surface area contributed by atoms with E-state index in [-0.39, 0.29) is 4.90 Å². The van der Waals surface area contributed by atoms with Crippen molar-refractivity contribution in [3.8, 4) is 5.82 Å². The Hall–Kier alpha value is -3.43. The van der Waals surface area contributed by atoms with Gasteiger partial charge in [0, 0.05) is 22.1 Å². The predicted molar refractivity (Wildman–Crippen MR) is 125 cm³/mol. The van der Waals surface area contributed by atoms with Gasteiger partial charge >= 0.3 is 0 Å². The van der Waals surface area contributed by atoms with Crippen molar-refractivity contribution in [2.45, 2.75) is 25.7 Å². The van der Waals surface area contributed by atoms with Crippen molar-refractivity contribution in [2.75, 3.05) is 10.0 Å². The summed E-state index contributed by atoms with van der Waals surface area (Å²) in [6, 6.07) is 16.5. The first-order valence-electron chi connectivity index (χ1n) is 9.75. The fourth-order valence-corrected chi connectivity index (χ4v) is 4.43. The SMILES string of the molecule is Cc1nn(-c2ccc(Nc3ccc(NS(=O)(=O)c4cccc(Cl)c4)cc3)nn2)c(C)c1C. The van der Waals surface area contributed by atoms with Crippen molar-refractivity contribution in [3.63, 3.8) is 0 Å². The number of halogens is 1. The van der Waals surface area contributed by atoms with E-state index in [0.29, 0.717) is 22.3 Å². The Morgan fingerprint density at radius 2 is 1.62 bits per heavy atom. The van der Waals surface area contributed by atoms with Gasteiger partial charge in [-0.25, -0.2) is 13.1 Å². The molecule has 0 saturated heterocycles. The van der Waals surface area contributed by atoms with Gasteiger partial charge in [0.2, 0.25) is 0 Å². The smallest absolute Gasteiger partial charge is 0.261 e. The molecule has 0 saturated carbocycles. The van der Waals surface area contributed by atoms with Crippen LogP contribution in [0.15, 0.2) is 65.6 Å². The van der Waals surface area contributed by atoms with E-state index in [4.69, 9.17) is 11.6 Å². The van der Waals surface area contributed by atoms with Gasteiger partial charge in [-0.1, -0.05) is 17.7 Å². The third-order valence-electron chi connectivity index (χ3n) is 5.04. The molecule has 0 fully saturated rings. The van der Waals surface area contributed by atoms with E-state index in [1.54, 1.807) is 41.1 Å². The minimum Gasteiger partial charge on any atom is -0.339 e. The Bertz CT molecular complexity index is 1370. The van der Waals surface area contributed by atoms with Gasteiger partial charge in [0.15, 0.2) is 11.6 Å². The maximum absolute atomic E-state index is 12.5. The van der Waals surface area contributed by atoms with Crippen molar-refractivity contribution >= 4 is 38.8 Å². The second-order valence-corrected chi connectivity index (χ2v) is 9.37. The number of rotatable bonds is 6. The standard InChI is InChI=1S/C22H21ClN6O2S/c1-14-15(2)27-29(16(14)3)22-12-11-21(25-26-22)24-18-7-9-19(10-8-18)28-32(30,31)20-6-4-5-17(23)13-20/h4-13,28H,1-3H3,(H,24,25). The molecule has 0 atom stereocenters. The highest BCUT2D eigenvalue weighted by Gasteiger charge is 2.14. The van der Waals surface area contributed by atoms with Gasteiger partial charge in [-0.3, -0.25) is 4.72 Å². The molecule has 0 aliphatic carbocycles. The molecule has 10 heteroatoms. The number of aromatic nitrogens is 4. The van der Waals surface area contributed by atoms with E-state index in [0.717, 1.165) is 22.6 Å². The summed E-state index contributed by atoms with van der Waals surface area (Å²) < 4.78 is 29.3. The van der Waals surface area contributed by atoms with Gasteiger partial charge in [-0.05, 0) is 80.9 Å². The molecule has 0 amide bonds. The Labute approximate surface area is 191 Å². The van der Waals surface area contributed by atoms with Crippen LogP contribution in [0.25, 0.3) is 5.82 Å². The summed E-state index contributed by atoms with van der Waals surface area (Å²) in [5.41, 5.74) is 4.27. The lowest BCUT2D eigenvalue weighted by atomic mass is 10.2. The van der Waals surface area contributed by atoms with Crippen molar-refractivity contribution < 1.29 is 8.42 Å². The highest BCUT2D eigenvalue weighted by atomic mass is 35.5. The largest absolute Gasteiger partial charge is 0.339 e. The number of sulfonamides is 1. The molecule has 0 radical (unpaired) electrons. The number of benzene rings is 2. The van der Waals surface area contributed by atoms with Gasteiger partial charge in [0.05, 0.1) is 10.6 Å². The normalized spacial score (nSPS) is 11.4. The van der Waals surface area contributed by atoms with E-state index >= 15 is 0 Å². The first-order valence-corrected chi connectivity index (χ1v) is 11.6. The van der Waals surface area contributed by atoms with Gasteiger partial charge in [-0.2, -0.15) is 5.10 Å². The third kappa shape index (κ3) is 4.58. The first kappa shape index (κ1) is 21.8.